The molecule has 6 rings (SSSR count). The second-order valence-electron chi connectivity index (χ2n) is 11.0. The maximum atomic E-state index is 9.29. The average Bonchev–Trinajstić information content (AvgIpc) is 3.64. The van der Waals surface area contributed by atoms with E-state index in [4.69, 9.17) is 14.7 Å². The smallest absolute Gasteiger partial charge is 0.318 e. The summed E-state index contributed by atoms with van der Waals surface area (Å²) in [7, 11) is 2.17. The predicted molar refractivity (Wildman–Crippen MR) is 142 cm³/mol. The number of hydrogen-bond donors (Lipinski definition) is 1. The summed E-state index contributed by atoms with van der Waals surface area (Å²) in [6.07, 6.45) is 7.09. The summed E-state index contributed by atoms with van der Waals surface area (Å²) >= 11 is 0. The number of H-pyrrole nitrogens is 1. The molecule has 0 aliphatic carbocycles. The number of aromatic nitrogens is 4. The minimum absolute atomic E-state index is 0.389. The topological polar surface area (TPSA) is 97.2 Å². The van der Waals surface area contributed by atoms with Gasteiger partial charge in [-0.1, -0.05) is 6.07 Å². The van der Waals surface area contributed by atoms with E-state index in [1.807, 2.05) is 6.20 Å². The Morgan fingerprint density at radius 1 is 1.16 bits per heavy atom. The molecule has 3 aliphatic rings. The Balaban J connectivity index is 1.27. The number of hydrogen-bond acceptors (Lipinski definition) is 8. The first-order valence-electron chi connectivity index (χ1n) is 13.6. The molecule has 0 unspecified atom stereocenters. The molecule has 0 saturated carbocycles. The molecule has 0 spiro atoms. The first kappa shape index (κ1) is 24.1. The second kappa shape index (κ2) is 10.3. The van der Waals surface area contributed by atoms with E-state index in [1.165, 1.54) is 28.5 Å². The Kier molecular flexibility index (Phi) is 6.70. The van der Waals surface area contributed by atoms with Crippen molar-refractivity contribution in [2.75, 3.05) is 38.2 Å². The monoisotopic (exact) mass is 500 g/mol. The summed E-state index contributed by atoms with van der Waals surface area (Å²) in [6, 6.07) is 7.56. The highest BCUT2D eigenvalue weighted by Gasteiger charge is 2.31. The molecule has 1 aromatic carbocycles. The molecule has 1 N–H and O–H groups in total. The molecule has 0 amide bonds. The van der Waals surface area contributed by atoms with E-state index >= 15 is 0 Å². The van der Waals surface area contributed by atoms with Crippen molar-refractivity contribution in [3.8, 4) is 12.1 Å². The van der Waals surface area contributed by atoms with Crippen LogP contribution in [0.4, 0.5) is 5.82 Å². The van der Waals surface area contributed by atoms with Gasteiger partial charge in [0.1, 0.15) is 12.4 Å². The van der Waals surface area contributed by atoms with Crippen molar-refractivity contribution in [1.29, 1.82) is 5.26 Å². The van der Waals surface area contributed by atoms with Crippen molar-refractivity contribution < 1.29 is 4.74 Å². The third-order valence-electron chi connectivity index (χ3n) is 8.43. The van der Waals surface area contributed by atoms with E-state index in [0.717, 1.165) is 75.6 Å². The van der Waals surface area contributed by atoms with Crippen molar-refractivity contribution >= 4 is 16.7 Å². The second-order valence-corrected chi connectivity index (χ2v) is 11.0. The third-order valence-corrected chi connectivity index (χ3v) is 8.43. The number of likely N-dealkylation sites (tertiary alicyclic amines) is 1. The van der Waals surface area contributed by atoms with Gasteiger partial charge < -0.3 is 14.5 Å². The number of nitrogens with zero attached hydrogens (tertiary/aromatic N) is 7. The largest absolute Gasteiger partial charge is 0.462 e. The number of fused-ring (bicyclic) bond motifs is 2. The van der Waals surface area contributed by atoms with Crippen molar-refractivity contribution in [2.45, 2.75) is 64.7 Å². The lowest BCUT2D eigenvalue weighted by molar-refractivity contribution is 0.187. The van der Waals surface area contributed by atoms with E-state index in [2.05, 4.69) is 57.1 Å². The Morgan fingerprint density at radius 3 is 2.89 bits per heavy atom. The van der Waals surface area contributed by atoms with E-state index in [0.29, 0.717) is 31.0 Å². The van der Waals surface area contributed by atoms with Crippen molar-refractivity contribution in [1.82, 2.24) is 30.0 Å². The van der Waals surface area contributed by atoms with Gasteiger partial charge in [-0.25, -0.2) is 0 Å². The third kappa shape index (κ3) is 4.88. The van der Waals surface area contributed by atoms with Crippen molar-refractivity contribution in [2.24, 2.45) is 5.92 Å². The molecule has 0 radical (unpaired) electrons. The molecule has 2 aromatic heterocycles. The van der Waals surface area contributed by atoms with Crippen LogP contribution in [0.15, 0.2) is 18.3 Å². The highest BCUT2D eigenvalue weighted by molar-refractivity contribution is 5.82. The summed E-state index contributed by atoms with van der Waals surface area (Å²) in [5.74, 6) is 1.39. The summed E-state index contributed by atoms with van der Waals surface area (Å²) < 4.78 is 6.24. The molecule has 9 nitrogen and oxygen atoms in total. The molecular weight excluding hydrogens is 464 g/mol. The van der Waals surface area contributed by atoms with Crippen LogP contribution in [0.3, 0.4) is 0 Å². The molecule has 0 bridgehead atoms. The minimum atomic E-state index is 0.389. The summed E-state index contributed by atoms with van der Waals surface area (Å²) in [6.45, 7) is 8.16. The van der Waals surface area contributed by atoms with Gasteiger partial charge in [0.15, 0.2) is 0 Å². The molecule has 2 fully saturated rings. The van der Waals surface area contributed by atoms with Gasteiger partial charge in [-0.3, -0.25) is 10.00 Å². The fourth-order valence-corrected chi connectivity index (χ4v) is 6.25. The zero-order chi connectivity index (χ0) is 25.4. The molecule has 9 heteroatoms. The van der Waals surface area contributed by atoms with Gasteiger partial charge in [0, 0.05) is 56.1 Å². The number of rotatable bonds is 7. The quantitative estimate of drug-likeness (QED) is 0.524. The van der Waals surface area contributed by atoms with Gasteiger partial charge >= 0.3 is 6.01 Å². The molecular formula is C28H36N8O. The van der Waals surface area contributed by atoms with Gasteiger partial charge in [-0.15, -0.1) is 0 Å². The fraction of sp³-hybridized carbons (Fsp3) is 0.571. The lowest BCUT2D eigenvalue weighted by atomic mass is 9.95. The standard InChI is InChI=1S/C28H36N8O/c1-19-7-8-25-22(13-30-33-25)23(19)15-35-16-24-26(17-35)31-28(37-18-21-6-4-11-34(21)2)32-27(24)36-12-3-5-20(14-36)9-10-29/h7-8,13,20-21H,3-6,9,11-12,14-18H2,1-2H3,(H,30,33)/t20-,21-/m0/s1. The van der Waals surface area contributed by atoms with Gasteiger partial charge in [0.25, 0.3) is 0 Å². The number of benzene rings is 1. The average molecular weight is 501 g/mol. The number of piperidine rings is 1. The molecule has 3 aliphatic heterocycles. The highest BCUT2D eigenvalue weighted by atomic mass is 16.5. The molecule has 194 valence electrons. The van der Waals surface area contributed by atoms with Crippen LogP contribution in [0.5, 0.6) is 6.01 Å². The molecule has 37 heavy (non-hydrogen) atoms. The Labute approximate surface area is 218 Å². The van der Waals surface area contributed by atoms with E-state index in [9.17, 15) is 5.26 Å². The number of nitrogens with one attached hydrogen (secondary N) is 1. The van der Waals surface area contributed by atoms with Crippen LogP contribution in [-0.2, 0) is 19.6 Å². The first-order valence-corrected chi connectivity index (χ1v) is 13.6. The maximum Gasteiger partial charge on any atom is 0.318 e. The molecule has 3 aromatic rings. The van der Waals surface area contributed by atoms with Gasteiger partial charge in [0.05, 0.1) is 23.5 Å². The summed E-state index contributed by atoms with van der Waals surface area (Å²) in [5, 5.41) is 17.8. The number of aryl methyl sites for hydroxylation is 1. The summed E-state index contributed by atoms with van der Waals surface area (Å²) in [5.41, 5.74) is 5.93. The fourth-order valence-electron chi connectivity index (χ4n) is 6.25. The number of anilines is 1. The van der Waals surface area contributed by atoms with Crippen LogP contribution in [-0.4, -0.2) is 69.3 Å². The van der Waals surface area contributed by atoms with Crippen LogP contribution in [0.1, 0.15) is 54.5 Å². The number of aromatic amines is 1. The molecule has 5 heterocycles. The van der Waals surface area contributed by atoms with Gasteiger partial charge in [-0.2, -0.15) is 20.3 Å². The number of nitriles is 1. The van der Waals surface area contributed by atoms with Crippen LogP contribution in [0, 0.1) is 24.2 Å². The van der Waals surface area contributed by atoms with Crippen molar-refractivity contribution in [3.63, 3.8) is 0 Å². The van der Waals surface area contributed by atoms with Crippen LogP contribution in [0.25, 0.3) is 10.9 Å². The normalized spacial score (nSPS) is 22.5. The van der Waals surface area contributed by atoms with Crippen LogP contribution >= 0.6 is 0 Å². The lowest BCUT2D eigenvalue weighted by Crippen LogP contribution is -2.37. The van der Waals surface area contributed by atoms with Crippen LogP contribution in [0.2, 0.25) is 0 Å². The van der Waals surface area contributed by atoms with E-state index in [1.54, 1.807) is 0 Å². The summed E-state index contributed by atoms with van der Waals surface area (Å²) in [4.78, 5) is 17.1. The Bertz CT molecular complexity index is 1310. The first-order chi connectivity index (χ1) is 18.1. The van der Waals surface area contributed by atoms with E-state index < -0.39 is 0 Å². The SMILES string of the molecule is Cc1ccc2[nH]ncc2c1CN1Cc2nc(OC[C@@H]3CCCN3C)nc(N3CCC[C@@H](CC#N)C3)c2C1. The zero-order valence-corrected chi connectivity index (χ0v) is 21.9. The minimum Gasteiger partial charge on any atom is -0.462 e. The molecule has 2 atom stereocenters. The Morgan fingerprint density at radius 2 is 2.05 bits per heavy atom. The molecule has 2 saturated heterocycles. The van der Waals surface area contributed by atoms with Crippen molar-refractivity contribution in [3.05, 3.63) is 40.7 Å². The van der Waals surface area contributed by atoms with E-state index in [-0.39, 0.29) is 0 Å². The zero-order valence-electron chi connectivity index (χ0n) is 21.9. The highest BCUT2D eigenvalue weighted by Crippen LogP contribution is 2.35. The number of ether oxygens (including phenoxy) is 1. The van der Waals surface area contributed by atoms with Gasteiger partial charge in [0.2, 0.25) is 0 Å². The van der Waals surface area contributed by atoms with Crippen LogP contribution < -0.4 is 9.64 Å². The number of likely N-dealkylation sites (N-methyl/N-ethyl adjacent to an activating group) is 1. The van der Waals surface area contributed by atoms with Gasteiger partial charge in [-0.05, 0) is 69.3 Å². The predicted octanol–water partition coefficient (Wildman–Crippen LogP) is 3.78. The Hall–Kier alpha value is -3.22. The lowest BCUT2D eigenvalue weighted by Gasteiger charge is -2.33. The maximum absolute atomic E-state index is 9.29.